The summed E-state index contributed by atoms with van der Waals surface area (Å²) in [5.41, 5.74) is 2.58. The van der Waals surface area contributed by atoms with E-state index in [2.05, 4.69) is 71.5 Å². The minimum absolute atomic E-state index is 0.521. The molecule has 0 aliphatic carbocycles. The minimum atomic E-state index is 0.521. The predicted molar refractivity (Wildman–Crippen MR) is 87.8 cm³/mol. The average Bonchev–Trinajstić information content (AvgIpc) is 2.33. The molecule has 0 radical (unpaired) electrons. The van der Waals surface area contributed by atoms with Gasteiger partial charge in [0.1, 0.15) is 0 Å². The molecule has 0 aromatic heterocycles. The van der Waals surface area contributed by atoms with Gasteiger partial charge in [0.25, 0.3) is 0 Å². The zero-order chi connectivity index (χ0) is 13.5. The molecule has 0 saturated heterocycles. The fourth-order valence-corrected chi connectivity index (χ4v) is 2.83. The van der Waals surface area contributed by atoms with Gasteiger partial charge in [-0.15, -0.1) is 0 Å². The van der Waals surface area contributed by atoms with Crippen molar-refractivity contribution in [3.05, 3.63) is 28.2 Å². The van der Waals surface area contributed by atoms with Crippen molar-refractivity contribution in [2.24, 2.45) is 0 Å². The number of nitrogens with zero attached hydrogens (tertiary/aromatic N) is 1. The van der Waals surface area contributed by atoms with E-state index in [1.165, 1.54) is 15.7 Å². The van der Waals surface area contributed by atoms with Crippen LogP contribution in [-0.4, -0.2) is 31.6 Å². The van der Waals surface area contributed by atoms with Gasteiger partial charge in [-0.3, -0.25) is 0 Å². The Morgan fingerprint density at radius 2 is 2.11 bits per heavy atom. The van der Waals surface area contributed by atoms with Crippen LogP contribution in [0.5, 0.6) is 0 Å². The maximum absolute atomic E-state index is 3.67. The molecular formula is C14H23BrN2S. The van der Waals surface area contributed by atoms with Gasteiger partial charge >= 0.3 is 0 Å². The topological polar surface area (TPSA) is 15.3 Å². The van der Waals surface area contributed by atoms with Crippen molar-refractivity contribution in [3.8, 4) is 0 Å². The summed E-state index contributed by atoms with van der Waals surface area (Å²) < 4.78 is 1.18. The molecule has 0 unspecified atom stereocenters. The second-order valence-electron chi connectivity index (χ2n) is 4.74. The summed E-state index contributed by atoms with van der Waals surface area (Å²) in [5, 5.41) is 3.43. The van der Waals surface area contributed by atoms with Gasteiger partial charge < -0.3 is 10.2 Å². The largest absolute Gasteiger partial charge is 0.373 e. The lowest BCUT2D eigenvalue weighted by molar-refractivity contribution is 0.589. The number of hydrogen-bond donors (Lipinski definition) is 1. The van der Waals surface area contributed by atoms with E-state index in [9.17, 15) is 0 Å². The maximum Gasteiger partial charge on any atom is 0.0508 e. The van der Waals surface area contributed by atoms with E-state index >= 15 is 0 Å². The van der Waals surface area contributed by atoms with Crippen LogP contribution in [0.25, 0.3) is 0 Å². The quantitative estimate of drug-likeness (QED) is 0.819. The van der Waals surface area contributed by atoms with Crippen molar-refractivity contribution in [3.63, 3.8) is 0 Å². The Kier molecular flexibility index (Phi) is 7.12. The van der Waals surface area contributed by atoms with Crippen molar-refractivity contribution >= 4 is 33.4 Å². The molecule has 0 heterocycles. The smallest absolute Gasteiger partial charge is 0.0508 e. The van der Waals surface area contributed by atoms with Gasteiger partial charge in [-0.2, -0.15) is 11.8 Å². The molecule has 0 aliphatic heterocycles. The first-order valence-corrected chi connectivity index (χ1v) is 8.45. The number of hydrogen-bond acceptors (Lipinski definition) is 3. The van der Waals surface area contributed by atoms with E-state index in [4.69, 9.17) is 0 Å². The van der Waals surface area contributed by atoms with Crippen molar-refractivity contribution in [2.75, 3.05) is 30.5 Å². The van der Waals surface area contributed by atoms with Crippen LogP contribution in [0, 0.1) is 0 Å². The van der Waals surface area contributed by atoms with Gasteiger partial charge in [-0.25, -0.2) is 0 Å². The first-order valence-electron chi connectivity index (χ1n) is 6.26. The van der Waals surface area contributed by atoms with Crippen molar-refractivity contribution < 1.29 is 0 Å². The van der Waals surface area contributed by atoms with E-state index in [0.29, 0.717) is 6.04 Å². The van der Waals surface area contributed by atoms with Gasteiger partial charge in [0.05, 0.1) is 5.69 Å². The van der Waals surface area contributed by atoms with Gasteiger partial charge in [-0.1, -0.05) is 19.9 Å². The molecule has 0 spiro atoms. The molecule has 0 amide bonds. The third kappa shape index (κ3) is 5.21. The standard InChI is InChI=1S/C14H23BrN2S/c1-11(2)16-10-12-5-6-14(13(15)9-12)17(3)7-8-18-4/h5-6,9,11,16H,7-8,10H2,1-4H3. The highest BCUT2D eigenvalue weighted by Gasteiger charge is 2.06. The number of rotatable bonds is 7. The Bertz CT molecular complexity index is 369. The number of nitrogens with one attached hydrogen (secondary N) is 1. The molecule has 18 heavy (non-hydrogen) atoms. The Morgan fingerprint density at radius 1 is 1.39 bits per heavy atom. The highest BCUT2D eigenvalue weighted by Crippen LogP contribution is 2.26. The van der Waals surface area contributed by atoms with Crippen LogP contribution in [0.2, 0.25) is 0 Å². The molecular weight excluding hydrogens is 308 g/mol. The molecule has 0 atom stereocenters. The van der Waals surface area contributed by atoms with Crippen LogP contribution in [0.4, 0.5) is 5.69 Å². The lowest BCUT2D eigenvalue weighted by atomic mass is 10.2. The Balaban J connectivity index is 2.66. The van der Waals surface area contributed by atoms with Gasteiger partial charge in [0, 0.05) is 36.4 Å². The zero-order valence-corrected chi connectivity index (χ0v) is 14.1. The molecule has 1 aromatic rings. The molecule has 0 saturated carbocycles. The fourth-order valence-electron chi connectivity index (χ4n) is 1.64. The summed E-state index contributed by atoms with van der Waals surface area (Å²) in [6, 6.07) is 7.13. The number of anilines is 1. The highest BCUT2D eigenvalue weighted by molar-refractivity contribution is 9.10. The molecule has 2 nitrogen and oxygen atoms in total. The SMILES string of the molecule is CSCCN(C)c1ccc(CNC(C)C)cc1Br. The zero-order valence-electron chi connectivity index (χ0n) is 11.7. The normalized spacial score (nSPS) is 11.0. The molecule has 1 N–H and O–H groups in total. The number of benzene rings is 1. The molecule has 4 heteroatoms. The second kappa shape index (κ2) is 8.08. The van der Waals surface area contributed by atoms with E-state index < -0.39 is 0 Å². The molecule has 102 valence electrons. The summed E-state index contributed by atoms with van der Waals surface area (Å²) in [6.07, 6.45) is 2.14. The Morgan fingerprint density at radius 3 is 2.67 bits per heavy atom. The lowest BCUT2D eigenvalue weighted by Gasteiger charge is -2.21. The summed E-state index contributed by atoms with van der Waals surface area (Å²) in [6.45, 7) is 6.33. The minimum Gasteiger partial charge on any atom is -0.373 e. The second-order valence-corrected chi connectivity index (χ2v) is 6.58. The maximum atomic E-state index is 3.67. The monoisotopic (exact) mass is 330 g/mol. The summed E-state index contributed by atoms with van der Waals surface area (Å²) in [4.78, 5) is 2.29. The summed E-state index contributed by atoms with van der Waals surface area (Å²) in [5.74, 6) is 1.15. The van der Waals surface area contributed by atoms with E-state index in [1.54, 1.807) is 0 Å². The third-order valence-corrected chi connectivity index (χ3v) is 3.99. The predicted octanol–water partition coefficient (Wildman–Crippen LogP) is 3.75. The van der Waals surface area contributed by atoms with E-state index in [0.717, 1.165) is 18.8 Å². The van der Waals surface area contributed by atoms with Gasteiger partial charge in [0.15, 0.2) is 0 Å². The number of halogens is 1. The van der Waals surface area contributed by atoms with Crippen molar-refractivity contribution in [2.45, 2.75) is 26.4 Å². The van der Waals surface area contributed by atoms with Crippen LogP contribution in [-0.2, 0) is 6.54 Å². The summed E-state index contributed by atoms with van der Waals surface area (Å²) in [7, 11) is 2.14. The Labute approximate surface area is 124 Å². The van der Waals surface area contributed by atoms with Crippen LogP contribution in [0.3, 0.4) is 0 Å². The molecule has 1 rings (SSSR count). The molecule has 0 bridgehead atoms. The molecule has 0 fully saturated rings. The first kappa shape index (κ1) is 15.9. The third-order valence-electron chi connectivity index (χ3n) is 2.77. The van der Waals surface area contributed by atoms with Gasteiger partial charge in [0.2, 0.25) is 0 Å². The van der Waals surface area contributed by atoms with E-state index in [-0.39, 0.29) is 0 Å². The lowest BCUT2D eigenvalue weighted by Crippen LogP contribution is -2.22. The molecule has 0 aliphatic rings. The number of thioether (sulfide) groups is 1. The average molecular weight is 331 g/mol. The van der Waals surface area contributed by atoms with Crippen molar-refractivity contribution in [1.29, 1.82) is 0 Å². The fraction of sp³-hybridized carbons (Fsp3) is 0.571. The van der Waals surface area contributed by atoms with Gasteiger partial charge in [-0.05, 0) is 39.9 Å². The van der Waals surface area contributed by atoms with E-state index in [1.807, 2.05) is 11.8 Å². The van der Waals surface area contributed by atoms with Crippen LogP contribution < -0.4 is 10.2 Å². The summed E-state index contributed by atoms with van der Waals surface area (Å²) >= 11 is 5.55. The highest BCUT2D eigenvalue weighted by atomic mass is 79.9. The van der Waals surface area contributed by atoms with Crippen molar-refractivity contribution in [1.82, 2.24) is 5.32 Å². The van der Waals surface area contributed by atoms with Crippen LogP contribution in [0.1, 0.15) is 19.4 Å². The molecule has 1 aromatic carbocycles. The Hall–Kier alpha value is -0.190. The van der Waals surface area contributed by atoms with Crippen LogP contribution >= 0.6 is 27.7 Å². The van der Waals surface area contributed by atoms with Crippen LogP contribution in [0.15, 0.2) is 22.7 Å². The first-order chi connectivity index (χ1) is 8.54.